The lowest BCUT2D eigenvalue weighted by Gasteiger charge is -2.29. The van der Waals surface area contributed by atoms with E-state index in [2.05, 4.69) is 38.0 Å². The summed E-state index contributed by atoms with van der Waals surface area (Å²) in [7, 11) is 1.38. The Balaban J connectivity index is 2.73. The maximum Gasteiger partial charge on any atom is 0.267 e. The topological polar surface area (TPSA) is 79.0 Å². The molecule has 0 aliphatic heterocycles. The van der Waals surface area contributed by atoms with E-state index in [9.17, 15) is 13.2 Å². The zero-order chi connectivity index (χ0) is 14.8. The second-order valence-corrected chi connectivity index (χ2v) is 8.08. The molecule has 0 bridgehead atoms. The van der Waals surface area contributed by atoms with E-state index in [1.807, 2.05) is 0 Å². The number of carbonyl (C=O) groups excluding carboxylic acids is 1. The standard InChI is InChI=1S/C12H19ClN2O3S/c1-8(2)12(3,4)7-15-11(16)10-5-9(6-14-10)19(13,17)18/h5-6,8,14H,7H2,1-4H3,(H,15,16). The largest absolute Gasteiger partial charge is 0.356 e. The van der Waals surface area contributed by atoms with Gasteiger partial charge in [-0.15, -0.1) is 0 Å². The van der Waals surface area contributed by atoms with Crippen LogP contribution in [0.25, 0.3) is 0 Å². The van der Waals surface area contributed by atoms with Gasteiger partial charge in [-0.05, 0) is 17.4 Å². The number of carbonyl (C=O) groups is 1. The molecule has 0 saturated heterocycles. The first kappa shape index (κ1) is 16.0. The van der Waals surface area contributed by atoms with Crippen molar-refractivity contribution in [2.45, 2.75) is 32.6 Å². The summed E-state index contributed by atoms with van der Waals surface area (Å²) in [6.45, 7) is 8.78. The molecule has 1 aromatic rings. The molecule has 1 heterocycles. The zero-order valence-corrected chi connectivity index (χ0v) is 13.0. The summed E-state index contributed by atoms with van der Waals surface area (Å²) in [5, 5.41) is 2.78. The Morgan fingerprint density at radius 1 is 1.47 bits per heavy atom. The third-order valence-electron chi connectivity index (χ3n) is 3.45. The third kappa shape index (κ3) is 4.24. The Morgan fingerprint density at radius 3 is 2.47 bits per heavy atom. The van der Waals surface area contributed by atoms with Crippen LogP contribution in [-0.4, -0.2) is 25.9 Å². The fraction of sp³-hybridized carbons (Fsp3) is 0.583. The number of amides is 1. The summed E-state index contributed by atoms with van der Waals surface area (Å²) >= 11 is 0. The van der Waals surface area contributed by atoms with Crippen molar-refractivity contribution in [1.82, 2.24) is 10.3 Å². The van der Waals surface area contributed by atoms with Gasteiger partial charge in [0.15, 0.2) is 0 Å². The van der Waals surface area contributed by atoms with Crippen LogP contribution in [-0.2, 0) is 9.05 Å². The predicted molar refractivity (Wildman–Crippen MR) is 74.8 cm³/mol. The molecule has 1 amide bonds. The van der Waals surface area contributed by atoms with Gasteiger partial charge in [-0.3, -0.25) is 4.79 Å². The maximum atomic E-state index is 11.9. The first-order chi connectivity index (χ1) is 8.54. The monoisotopic (exact) mass is 306 g/mol. The number of aromatic nitrogens is 1. The van der Waals surface area contributed by atoms with Gasteiger partial charge in [0.05, 0.1) is 0 Å². The van der Waals surface area contributed by atoms with E-state index in [-0.39, 0.29) is 21.9 Å². The van der Waals surface area contributed by atoms with Crippen LogP contribution < -0.4 is 5.32 Å². The molecule has 0 saturated carbocycles. The number of H-pyrrole nitrogens is 1. The molecule has 1 rings (SSSR count). The summed E-state index contributed by atoms with van der Waals surface area (Å²) in [6.07, 6.45) is 1.20. The Hall–Kier alpha value is -1.01. The summed E-state index contributed by atoms with van der Waals surface area (Å²) in [5.74, 6) is 0.0653. The quantitative estimate of drug-likeness (QED) is 0.820. The van der Waals surface area contributed by atoms with Crippen molar-refractivity contribution in [1.29, 1.82) is 0 Å². The van der Waals surface area contributed by atoms with E-state index < -0.39 is 9.05 Å². The first-order valence-electron chi connectivity index (χ1n) is 5.95. The lowest BCUT2D eigenvalue weighted by molar-refractivity contribution is 0.0920. The summed E-state index contributed by atoms with van der Waals surface area (Å²) in [5.41, 5.74) is 0.141. The first-order valence-corrected chi connectivity index (χ1v) is 8.26. The van der Waals surface area contributed by atoms with Gasteiger partial charge < -0.3 is 10.3 Å². The number of nitrogens with one attached hydrogen (secondary N) is 2. The molecule has 0 spiro atoms. The molecular formula is C12H19ClN2O3S. The molecule has 108 valence electrons. The van der Waals surface area contributed by atoms with Gasteiger partial charge in [-0.25, -0.2) is 8.42 Å². The minimum absolute atomic E-state index is 0.0381. The van der Waals surface area contributed by atoms with Gasteiger partial charge in [0.2, 0.25) is 0 Å². The Kier molecular flexibility index (Phi) is 4.68. The highest BCUT2D eigenvalue weighted by Gasteiger charge is 2.24. The molecular weight excluding hydrogens is 288 g/mol. The van der Waals surface area contributed by atoms with Crippen molar-refractivity contribution < 1.29 is 13.2 Å². The van der Waals surface area contributed by atoms with Crippen LogP contribution in [0.4, 0.5) is 0 Å². The molecule has 0 atom stereocenters. The van der Waals surface area contributed by atoms with Crippen molar-refractivity contribution in [2.75, 3.05) is 6.54 Å². The van der Waals surface area contributed by atoms with Crippen molar-refractivity contribution in [3.05, 3.63) is 18.0 Å². The van der Waals surface area contributed by atoms with Gasteiger partial charge in [-0.1, -0.05) is 27.7 Å². The highest BCUT2D eigenvalue weighted by molar-refractivity contribution is 8.13. The highest BCUT2D eigenvalue weighted by Crippen LogP contribution is 2.24. The fourth-order valence-corrected chi connectivity index (χ4v) is 1.98. The average Bonchev–Trinajstić information content (AvgIpc) is 2.74. The van der Waals surface area contributed by atoms with E-state index in [1.54, 1.807) is 0 Å². The smallest absolute Gasteiger partial charge is 0.267 e. The Morgan fingerprint density at radius 2 is 2.05 bits per heavy atom. The molecule has 5 nitrogen and oxygen atoms in total. The molecule has 0 unspecified atom stereocenters. The SMILES string of the molecule is CC(C)C(C)(C)CNC(=O)c1cc(S(=O)(=O)Cl)c[nH]1. The number of halogens is 1. The van der Waals surface area contributed by atoms with E-state index in [0.717, 1.165) is 0 Å². The van der Waals surface area contributed by atoms with Gasteiger partial charge >= 0.3 is 0 Å². The van der Waals surface area contributed by atoms with Crippen LogP contribution in [0, 0.1) is 11.3 Å². The molecule has 0 fully saturated rings. The van der Waals surface area contributed by atoms with Gasteiger partial charge in [0.25, 0.3) is 15.0 Å². The number of hydrogen-bond acceptors (Lipinski definition) is 3. The number of rotatable bonds is 5. The maximum absolute atomic E-state index is 11.9. The third-order valence-corrected chi connectivity index (χ3v) is 4.78. The molecule has 0 aliphatic rings. The van der Waals surface area contributed by atoms with E-state index in [0.29, 0.717) is 12.5 Å². The van der Waals surface area contributed by atoms with Crippen LogP contribution >= 0.6 is 10.7 Å². The zero-order valence-electron chi connectivity index (χ0n) is 11.5. The molecule has 2 N–H and O–H groups in total. The van der Waals surface area contributed by atoms with Crippen LogP contribution in [0.1, 0.15) is 38.2 Å². The normalized spacial score (nSPS) is 12.7. The van der Waals surface area contributed by atoms with Crippen LogP contribution in [0.15, 0.2) is 17.2 Å². The van der Waals surface area contributed by atoms with Crippen molar-refractivity contribution in [3.8, 4) is 0 Å². The van der Waals surface area contributed by atoms with Gasteiger partial charge in [0, 0.05) is 23.4 Å². The van der Waals surface area contributed by atoms with Gasteiger partial charge in [0.1, 0.15) is 10.6 Å². The van der Waals surface area contributed by atoms with Crippen LogP contribution in [0.5, 0.6) is 0 Å². The van der Waals surface area contributed by atoms with Crippen molar-refractivity contribution >= 4 is 25.6 Å². The molecule has 7 heteroatoms. The van der Waals surface area contributed by atoms with Gasteiger partial charge in [-0.2, -0.15) is 0 Å². The summed E-state index contributed by atoms with van der Waals surface area (Å²) in [4.78, 5) is 14.4. The average molecular weight is 307 g/mol. The van der Waals surface area contributed by atoms with E-state index >= 15 is 0 Å². The molecule has 0 radical (unpaired) electrons. The lowest BCUT2D eigenvalue weighted by atomic mass is 9.81. The minimum atomic E-state index is -3.81. The number of hydrogen-bond donors (Lipinski definition) is 2. The molecule has 0 aromatic carbocycles. The van der Waals surface area contributed by atoms with Crippen molar-refractivity contribution in [3.63, 3.8) is 0 Å². The van der Waals surface area contributed by atoms with E-state index in [1.165, 1.54) is 12.3 Å². The Bertz CT molecular complexity index is 561. The second-order valence-electron chi connectivity index (χ2n) is 5.51. The minimum Gasteiger partial charge on any atom is -0.356 e. The van der Waals surface area contributed by atoms with Crippen molar-refractivity contribution in [2.24, 2.45) is 11.3 Å². The molecule has 0 aliphatic carbocycles. The fourth-order valence-electron chi connectivity index (χ4n) is 1.25. The molecule has 19 heavy (non-hydrogen) atoms. The lowest BCUT2D eigenvalue weighted by Crippen LogP contribution is -2.37. The summed E-state index contributed by atoms with van der Waals surface area (Å²) in [6, 6.07) is 1.22. The Labute approximate surface area is 118 Å². The number of aromatic amines is 1. The summed E-state index contributed by atoms with van der Waals surface area (Å²) < 4.78 is 22.2. The highest BCUT2D eigenvalue weighted by atomic mass is 35.7. The molecule has 1 aromatic heterocycles. The van der Waals surface area contributed by atoms with Crippen LogP contribution in [0.2, 0.25) is 0 Å². The predicted octanol–water partition coefficient (Wildman–Crippen LogP) is 2.35. The van der Waals surface area contributed by atoms with Crippen LogP contribution in [0.3, 0.4) is 0 Å². The second kappa shape index (κ2) is 5.54. The van der Waals surface area contributed by atoms with E-state index in [4.69, 9.17) is 10.7 Å².